The van der Waals surface area contributed by atoms with Crippen molar-refractivity contribution in [2.75, 3.05) is 30.1 Å². The van der Waals surface area contributed by atoms with Gasteiger partial charge in [0.25, 0.3) is 5.95 Å². The van der Waals surface area contributed by atoms with Crippen LogP contribution < -0.4 is 9.96 Å². The van der Waals surface area contributed by atoms with Gasteiger partial charge in [-0.2, -0.15) is 9.97 Å². The molecule has 0 fully saturated rings. The molecule has 6 nitrogen and oxygen atoms in total. The Labute approximate surface area is 95.9 Å². The van der Waals surface area contributed by atoms with Crippen LogP contribution in [-0.2, 0) is 0 Å². The molecule has 1 aromatic heterocycles. The van der Waals surface area contributed by atoms with Gasteiger partial charge < -0.3 is 4.90 Å². The molecule has 0 saturated heterocycles. The predicted molar refractivity (Wildman–Crippen MR) is 62.8 cm³/mol. The molecule has 0 aliphatic carbocycles. The predicted octanol–water partition coefficient (Wildman–Crippen LogP) is 1.32. The lowest BCUT2D eigenvalue weighted by Gasteiger charge is -2.21. The Morgan fingerprint density at radius 3 is 2.19 bits per heavy atom. The first-order valence-electron chi connectivity index (χ1n) is 5.55. The summed E-state index contributed by atoms with van der Waals surface area (Å²) in [7, 11) is 1.49. The van der Waals surface area contributed by atoms with Crippen LogP contribution in [-0.4, -0.2) is 40.3 Å². The highest BCUT2D eigenvalue weighted by Crippen LogP contribution is 2.10. The zero-order chi connectivity index (χ0) is 12.0. The zero-order valence-corrected chi connectivity index (χ0v) is 10.1. The van der Waals surface area contributed by atoms with Crippen molar-refractivity contribution in [1.82, 2.24) is 15.0 Å². The van der Waals surface area contributed by atoms with Crippen LogP contribution in [0.1, 0.15) is 26.7 Å². The molecule has 0 atom stereocenters. The van der Waals surface area contributed by atoms with E-state index < -0.39 is 0 Å². The first-order valence-corrected chi connectivity index (χ1v) is 5.55. The standard InChI is InChI=1S/C10H19N5O/c1-4-6-15(7-5-2)10-12-8-11-9(13-10)14(3)16/h8,16H,4-7H2,1-3H3. The molecule has 0 amide bonds. The summed E-state index contributed by atoms with van der Waals surface area (Å²) >= 11 is 0. The highest BCUT2D eigenvalue weighted by atomic mass is 16.5. The van der Waals surface area contributed by atoms with Gasteiger partial charge in [0, 0.05) is 20.1 Å². The van der Waals surface area contributed by atoms with E-state index in [9.17, 15) is 5.21 Å². The Balaban J connectivity index is 2.86. The van der Waals surface area contributed by atoms with Gasteiger partial charge in [-0.3, -0.25) is 5.21 Å². The average molecular weight is 225 g/mol. The van der Waals surface area contributed by atoms with Crippen LogP contribution in [0, 0.1) is 0 Å². The molecule has 6 heteroatoms. The summed E-state index contributed by atoms with van der Waals surface area (Å²) < 4.78 is 0. The Morgan fingerprint density at radius 1 is 1.12 bits per heavy atom. The zero-order valence-electron chi connectivity index (χ0n) is 10.1. The number of hydrogen-bond donors (Lipinski definition) is 1. The highest BCUT2D eigenvalue weighted by Gasteiger charge is 2.10. The van der Waals surface area contributed by atoms with Gasteiger partial charge in [0.15, 0.2) is 0 Å². The lowest BCUT2D eigenvalue weighted by Crippen LogP contribution is -2.28. The van der Waals surface area contributed by atoms with Crippen LogP contribution in [0.15, 0.2) is 6.33 Å². The molecule has 0 unspecified atom stereocenters. The normalized spacial score (nSPS) is 10.2. The number of nitrogens with zero attached hydrogens (tertiary/aromatic N) is 5. The van der Waals surface area contributed by atoms with Crippen LogP contribution in [0.25, 0.3) is 0 Å². The van der Waals surface area contributed by atoms with Crippen molar-refractivity contribution in [2.45, 2.75) is 26.7 Å². The van der Waals surface area contributed by atoms with Crippen molar-refractivity contribution >= 4 is 11.9 Å². The first kappa shape index (κ1) is 12.6. The second kappa shape index (κ2) is 6.22. The van der Waals surface area contributed by atoms with Crippen LogP contribution in [0.3, 0.4) is 0 Å². The maximum Gasteiger partial charge on any atom is 0.254 e. The first-order chi connectivity index (χ1) is 7.69. The fourth-order valence-corrected chi connectivity index (χ4v) is 1.44. The molecular formula is C10H19N5O. The van der Waals surface area contributed by atoms with Crippen LogP contribution >= 0.6 is 0 Å². The van der Waals surface area contributed by atoms with E-state index in [1.165, 1.54) is 13.4 Å². The van der Waals surface area contributed by atoms with Crippen molar-refractivity contribution in [3.8, 4) is 0 Å². The number of aromatic nitrogens is 3. The van der Waals surface area contributed by atoms with E-state index in [0.29, 0.717) is 5.95 Å². The number of hydrogen-bond acceptors (Lipinski definition) is 6. The van der Waals surface area contributed by atoms with Crippen molar-refractivity contribution in [3.05, 3.63) is 6.33 Å². The van der Waals surface area contributed by atoms with Crippen molar-refractivity contribution in [1.29, 1.82) is 0 Å². The molecule has 0 aliphatic heterocycles. The average Bonchev–Trinajstić information content (AvgIpc) is 2.29. The van der Waals surface area contributed by atoms with Crippen molar-refractivity contribution in [2.24, 2.45) is 0 Å². The van der Waals surface area contributed by atoms with Gasteiger partial charge >= 0.3 is 0 Å². The number of anilines is 2. The van der Waals surface area contributed by atoms with Gasteiger partial charge in [-0.15, -0.1) is 0 Å². The molecule has 90 valence electrons. The minimum atomic E-state index is 0.266. The molecule has 1 rings (SSSR count). The Kier molecular flexibility index (Phi) is 4.91. The van der Waals surface area contributed by atoms with Crippen LogP contribution in [0.2, 0.25) is 0 Å². The molecule has 0 radical (unpaired) electrons. The topological polar surface area (TPSA) is 65.4 Å². The minimum Gasteiger partial charge on any atom is -0.341 e. The minimum absolute atomic E-state index is 0.266. The Hall–Kier alpha value is -1.43. The lowest BCUT2D eigenvalue weighted by molar-refractivity contribution is 0.272. The van der Waals surface area contributed by atoms with Gasteiger partial charge in [-0.1, -0.05) is 13.8 Å². The van der Waals surface area contributed by atoms with Crippen molar-refractivity contribution < 1.29 is 5.21 Å². The Bertz CT molecular complexity index is 312. The second-order valence-electron chi connectivity index (χ2n) is 3.60. The van der Waals surface area contributed by atoms with Gasteiger partial charge in [0.05, 0.1) is 0 Å². The summed E-state index contributed by atoms with van der Waals surface area (Å²) in [5.74, 6) is 0.886. The third kappa shape index (κ3) is 3.30. The fourth-order valence-electron chi connectivity index (χ4n) is 1.44. The van der Waals surface area contributed by atoms with Crippen LogP contribution in [0.5, 0.6) is 0 Å². The molecule has 0 aromatic carbocycles. The van der Waals surface area contributed by atoms with Gasteiger partial charge in [-0.25, -0.2) is 10.0 Å². The molecule has 1 aromatic rings. The van der Waals surface area contributed by atoms with E-state index >= 15 is 0 Å². The quantitative estimate of drug-likeness (QED) is 0.737. The molecule has 0 aliphatic rings. The van der Waals surface area contributed by atoms with Crippen LogP contribution in [0.4, 0.5) is 11.9 Å². The smallest absolute Gasteiger partial charge is 0.254 e. The monoisotopic (exact) mass is 225 g/mol. The summed E-state index contributed by atoms with van der Waals surface area (Å²) in [6.45, 7) is 6.05. The van der Waals surface area contributed by atoms with E-state index in [-0.39, 0.29) is 5.95 Å². The molecule has 0 spiro atoms. The van der Waals surface area contributed by atoms with E-state index in [1.54, 1.807) is 0 Å². The van der Waals surface area contributed by atoms with Gasteiger partial charge in [-0.05, 0) is 12.8 Å². The lowest BCUT2D eigenvalue weighted by atomic mass is 10.4. The van der Waals surface area contributed by atoms with Gasteiger partial charge in [0.1, 0.15) is 6.33 Å². The van der Waals surface area contributed by atoms with E-state index in [0.717, 1.165) is 31.0 Å². The van der Waals surface area contributed by atoms with E-state index in [4.69, 9.17) is 0 Å². The number of rotatable bonds is 6. The molecule has 0 bridgehead atoms. The SMILES string of the molecule is CCCN(CCC)c1ncnc(N(C)O)n1. The van der Waals surface area contributed by atoms with Crippen molar-refractivity contribution in [3.63, 3.8) is 0 Å². The molecule has 16 heavy (non-hydrogen) atoms. The largest absolute Gasteiger partial charge is 0.341 e. The summed E-state index contributed by atoms with van der Waals surface area (Å²) in [5.41, 5.74) is 0. The van der Waals surface area contributed by atoms with E-state index in [1.807, 2.05) is 0 Å². The molecule has 0 saturated carbocycles. The third-order valence-electron chi connectivity index (χ3n) is 2.11. The fraction of sp³-hybridized carbons (Fsp3) is 0.700. The summed E-state index contributed by atoms with van der Waals surface area (Å²) in [4.78, 5) is 14.3. The second-order valence-corrected chi connectivity index (χ2v) is 3.60. The number of hydroxylamine groups is 1. The molecule has 1 N–H and O–H groups in total. The highest BCUT2D eigenvalue weighted by molar-refractivity contribution is 5.35. The maximum absolute atomic E-state index is 9.25. The Morgan fingerprint density at radius 2 is 1.69 bits per heavy atom. The summed E-state index contributed by atoms with van der Waals surface area (Å²) in [6.07, 6.45) is 3.49. The summed E-state index contributed by atoms with van der Waals surface area (Å²) in [6, 6.07) is 0. The van der Waals surface area contributed by atoms with Gasteiger partial charge in [0.2, 0.25) is 5.95 Å². The molecular weight excluding hydrogens is 206 g/mol. The van der Waals surface area contributed by atoms with E-state index in [2.05, 4.69) is 33.7 Å². The maximum atomic E-state index is 9.25. The summed E-state index contributed by atoms with van der Waals surface area (Å²) in [5, 5.41) is 10.1. The molecule has 1 heterocycles. The third-order valence-corrected chi connectivity index (χ3v) is 2.11.